The minimum atomic E-state index is -0.0356. The van der Waals surface area contributed by atoms with Crippen molar-refractivity contribution in [2.45, 2.75) is 45.1 Å². The predicted octanol–water partition coefficient (Wildman–Crippen LogP) is 1.81. The summed E-state index contributed by atoms with van der Waals surface area (Å²) in [6, 6.07) is 2.36. The van der Waals surface area contributed by atoms with E-state index in [-0.39, 0.29) is 11.5 Å². The first-order valence-electron chi connectivity index (χ1n) is 8.11. The van der Waals surface area contributed by atoms with Crippen LogP contribution >= 0.6 is 0 Å². The van der Waals surface area contributed by atoms with Crippen molar-refractivity contribution in [2.24, 2.45) is 5.92 Å². The van der Waals surface area contributed by atoms with E-state index in [1.165, 1.54) is 25.8 Å². The fraction of sp³-hybridized carbons (Fsp3) is 0.750. The summed E-state index contributed by atoms with van der Waals surface area (Å²) in [7, 11) is 2.24. The van der Waals surface area contributed by atoms with Crippen molar-refractivity contribution < 1.29 is 0 Å². The number of aromatic amines is 1. The molecule has 5 heteroatoms. The van der Waals surface area contributed by atoms with Gasteiger partial charge in [-0.2, -0.15) is 0 Å². The van der Waals surface area contributed by atoms with Crippen molar-refractivity contribution in [3.63, 3.8) is 0 Å². The summed E-state index contributed by atoms with van der Waals surface area (Å²) >= 11 is 0. The summed E-state index contributed by atoms with van der Waals surface area (Å²) < 4.78 is 0. The van der Waals surface area contributed by atoms with Crippen LogP contribution in [0.1, 0.15) is 44.9 Å². The van der Waals surface area contributed by atoms with E-state index in [4.69, 9.17) is 0 Å². The number of nitrogens with one attached hydrogen (secondary N) is 1. The molecule has 3 rings (SSSR count). The zero-order valence-electron chi connectivity index (χ0n) is 13.3. The van der Waals surface area contributed by atoms with Gasteiger partial charge in [0.15, 0.2) is 0 Å². The Balaban J connectivity index is 1.80. The smallest absolute Gasteiger partial charge is 0.252 e. The van der Waals surface area contributed by atoms with Gasteiger partial charge < -0.3 is 14.8 Å². The summed E-state index contributed by atoms with van der Waals surface area (Å²) in [5.74, 6) is 2.60. The lowest BCUT2D eigenvalue weighted by Gasteiger charge is -2.46. The molecule has 0 amide bonds. The summed E-state index contributed by atoms with van der Waals surface area (Å²) in [5, 5.41) is 0. The van der Waals surface area contributed by atoms with Crippen molar-refractivity contribution in [3.05, 3.63) is 22.2 Å². The molecule has 0 aromatic carbocycles. The molecule has 0 radical (unpaired) electrons. The minimum absolute atomic E-state index is 0.0356. The first-order chi connectivity index (χ1) is 10.0. The zero-order valence-corrected chi connectivity index (χ0v) is 13.3. The van der Waals surface area contributed by atoms with Gasteiger partial charge in [-0.25, -0.2) is 4.98 Å². The monoisotopic (exact) mass is 290 g/mol. The third-order valence-corrected chi connectivity index (χ3v) is 4.96. The third kappa shape index (κ3) is 2.98. The van der Waals surface area contributed by atoms with Crippen LogP contribution in [0.3, 0.4) is 0 Å². The SMILES string of the molecule is CC(C)c1nc(N2CCC3C(CCCN3C)C2)cc(=O)[nH]1. The maximum Gasteiger partial charge on any atom is 0.252 e. The fourth-order valence-electron chi connectivity index (χ4n) is 3.76. The van der Waals surface area contributed by atoms with Crippen LogP contribution in [0.4, 0.5) is 5.82 Å². The van der Waals surface area contributed by atoms with E-state index < -0.39 is 0 Å². The highest BCUT2D eigenvalue weighted by Crippen LogP contribution is 2.31. The Morgan fingerprint density at radius 1 is 1.33 bits per heavy atom. The number of nitrogens with zero attached hydrogens (tertiary/aromatic N) is 3. The number of piperidine rings is 2. The molecule has 2 aliphatic rings. The largest absolute Gasteiger partial charge is 0.356 e. The fourth-order valence-corrected chi connectivity index (χ4v) is 3.76. The van der Waals surface area contributed by atoms with Gasteiger partial charge in [0.1, 0.15) is 11.6 Å². The maximum absolute atomic E-state index is 11.9. The lowest BCUT2D eigenvalue weighted by Crippen LogP contribution is -2.53. The molecule has 3 heterocycles. The summed E-state index contributed by atoms with van der Waals surface area (Å²) in [5.41, 5.74) is -0.0356. The second kappa shape index (κ2) is 5.79. The first kappa shape index (κ1) is 14.6. The summed E-state index contributed by atoms with van der Waals surface area (Å²) in [4.78, 5) is 24.2. The van der Waals surface area contributed by atoms with E-state index >= 15 is 0 Å². The first-order valence-corrected chi connectivity index (χ1v) is 8.11. The quantitative estimate of drug-likeness (QED) is 0.902. The molecule has 2 saturated heterocycles. The second-order valence-electron chi connectivity index (χ2n) is 6.83. The Morgan fingerprint density at radius 2 is 2.14 bits per heavy atom. The molecule has 1 N–H and O–H groups in total. The minimum Gasteiger partial charge on any atom is -0.356 e. The molecule has 21 heavy (non-hydrogen) atoms. The van der Waals surface area contributed by atoms with Gasteiger partial charge in [-0.3, -0.25) is 4.79 Å². The topological polar surface area (TPSA) is 52.2 Å². The molecule has 1 aromatic heterocycles. The van der Waals surface area contributed by atoms with E-state index in [2.05, 4.69) is 40.7 Å². The lowest BCUT2D eigenvalue weighted by atomic mass is 9.84. The number of H-pyrrole nitrogens is 1. The predicted molar refractivity (Wildman–Crippen MR) is 84.9 cm³/mol. The van der Waals surface area contributed by atoms with Crippen molar-refractivity contribution in [3.8, 4) is 0 Å². The van der Waals surface area contributed by atoms with Crippen molar-refractivity contribution >= 4 is 5.82 Å². The van der Waals surface area contributed by atoms with E-state index in [9.17, 15) is 4.79 Å². The number of aromatic nitrogens is 2. The molecule has 5 nitrogen and oxygen atoms in total. The highest BCUT2D eigenvalue weighted by atomic mass is 16.1. The average Bonchev–Trinajstić information content (AvgIpc) is 2.46. The second-order valence-corrected chi connectivity index (χ2v) is 6.83. The number of hydrogen-bond acceptors (Lipinski definition) is 4. The highest BCUT2D eigenvalue weighted by molar-refractivity contribution is 5.38. The molecule has 0 saturated carbocycles. The molecule has 1 aromatic rings. The van der Waals surface area contributed by atoms with Crippen LogP contribution in [-0.2, 0) is 0 Å². The van der Waals surface area contributed by atoms with Crippen molar-refractivity contribution in [1.82, 2.24) is 14.9 Å². The molecule has 2 fully saturated rings. The normalized spacial score (nSPS) is 27.0. The van der Waals surface area contributed by atoms with Gasteiger partial charge in [0.2, 0.25) is 0 Å². The zero-order chi connectivity index (χ0) is 15.0. The standard InChI is InChI=1S/C16H26N4O/c1-11(2)16-17-14(9-15(21)18-16)20-8-6-13-12(10-20)5-4-7-19(13)3/h9,11-13H,4-8,10H2,1-3H3,(H,17,18,21). The van der Waals surface area contributed by atoms with E-state index in [1.54, 1.807) is 6.07 Å². The molecule has 116 valence electrons. The summed E-state index contributed by atoms with van der Waals surface area (Å²) in [6.07, 6.45) is 3.75. The van der Waals surface area contributed by atoms with Crippen LogP contribution < -0.4 is 10.5 Å². The van der Waals surface area contributed by atoms with Crippen molar-refractivity contribution in [2.75, 3.05) is 31.6 Å². The lowest BCUT2D eigenvalue weighted by molar-refractivity contribution is 0.102. The molecular formula is C16H26N4O. The van der Waals surface area contributed by atoms with E-state index in [0.29, 0.717) is 12.0 Å². The van der Waals surface area contributed by atoms with Gasteiger partial charge >= 0.3 is 0 Å². The van der Waals surface area contributed by atoms with Crippen LogP contribution in [0.15, 0.2) is 10.9 Å². The maximum atomic E-state index is 11.9. The number of fused-ring (bicyclic) bond motifs is 1. The van der Waals surface area contributed by atoms with Gasteiger partial charge in [-0.05, 0) is 38.8 Å². The molecule has 2 atom stereocenters. The van der Waals surface area contributed by atoms with Gasteiger partial charge in [0.05, 0.1) is 0 Å². The number of hydrogen-bond donors (Lipinski definition) is 1. The molecule has 2 aliphatic heterocycles. The Hall–Kier alpha value is -1.36. The number of anilines is 1. The van der Waals surface area contributed by atoms with Crippen LogP contribution in [0.2, 0.25) is 0 Å². The molecule has 0 bridgehead atoms. The van der Waals surface area contributed by atoms with E-state index in [0.717, 1.165) is 24.7 Å². The van der Waals surface area contributed by atoms with Crippen LogP contribution in [0.5, 0.6) is 0 Å². The van der Waals surface area contributed by atoms with Crippen LogP contribution in [0.25, 0.3) is 0 Å². The van der Waals surface area contributed by atoms with Gasteiger partial charge in [0, 0.05) is 31.1 Å². The van der Waals surface area contributed by atoms with E-state index in [1.807, 2.05) is 0 Å². The molecule has 0 spiro atoms. The average molecular weight is 290 g/mol. The Bertz CT molecular complexity index is 553. The van der Waals surface area contributed by atoms with Gasteiger partial charge in [-0.1, -0.05) is 13.8 Å². The molecule has 2 unspecified atom stereocenters. The van der Waals surface area contributed by atoms with Crippen molar-refractivity contribution in [1.29, 1.82) is 0 Å². The molecular weight excluding hydrogens is 264 g/mol. The third-order valence-electron chi connectivity index (χ3n) is 4.96. The molecule has 0 aliphatic carbocycles. The van der Waals surface area contributed by atoms with Gasteiger partial charge in [0.25, 0.3) is 5.56 Å². The Labute approximate surface area is 126 Å². The van der Waals surface area contributed by atoms with Crippen LogP contribution in [-0.4, -0.2) is 47.6 Å². The van der Waals surface area contributed by atoms with Gasteiger partial charge in [-0.15, -0.1) is 0 Å². The Morgan fingerprint density at radius 3 is 2.90 bits per heavy atom. The number of rotatable bonds is 2. The summed E-state index contributed by atoms with van der Waals surface area (Å²) in [6.45, 7) is 7.37. The highest BCUT2D eigenvalue weighted by Gasteiger charge is 2.34. The number of likely N-dealkylation sites (tertiary alicyclic amines) is 1. The Kier molecular flexibility index (Phi) is 4.02. The van der Waals surface area contributed by atoms with Crippen LogP contribution in [0, 0.1) is 5.92 Å².